The van der Waals surface area contributed by atoms with E-state index in [1.165, 1.54) is 0 Å². The Kier molecular flexibility index (Phi) is 3.15. The summed E-state index contributed by atoms with van der Waals surface area (Å²) < 4.78 is 9.40. The van der Waals surface area contributed by atoms with Crippen LogP contribution < -0.4 is 0 Å². The molecule has 128 valence electrons. The van der Waals surface area contributed by atoms with E-state index in [1.807, 2.05) is 24.3 Å². The van der Waals surface area contributed by atoms with Crippen molar-refractivity contribution < 1.29 is 4.42 Å². The highest BCUT2D eigenvalue weighted by molar-refractivity contribution is 5.94. The van der Waals surface area contributed by atoms with Gasteiger partial charge in [-0.05, 0) is 43.7 Å². The molecule has 0 bridgehead atoms. The molecule has 5 heterocycles. The molecule has 0 spiro atoms. The zero-order chi connectivity index (χ0) is 17.7. The van der Waals surface area contributed by atoms with Crippen LogP contribution in [0.1, 0.15) is 17.0 Å². The minimum absolute atomic E-state index is 0.635. The Morgan fingerprint density at radius 2 is 2.04 bits per heavy atom. The lowest BCUT2D eigenvalue weighted by atomic mass is 10.2. The first-order valence-electron chi connectivity index (χ1n) is 8.36. The molecule has 7 nitrogen and oxygen atoms in total. The molecule has 26 heavy (non-hydrogen) atoms. The number of hydrogen-bond acceptors (Lipinski definition) is 5. The summed E-state index contributed by atoms with van der Waals surface area (Å²) in [7, 11) is 0. The van der Waals surface area contributed by atoms with E-state index in [1.54, 1.807) is 29.5 Å². The van der Waals surface area contributed by atoms with Crippen molar-refractivity contribution in [3.05, 3.63) is 66.3 Å². The van der Waals surface area contributed by atoms with Crippen molar-refractivity contribution in [2.24, 2.45) is 0 Å². The van der Waals surface area contributed by atoms with Crippen molar-refractivity contribution in [1.29, 1.82) is 0 Å². The number of aryl methyl sites for hydroxylation is 1. The number of furan rings is 1. The Hall–Kier alpha value is -3.48. The van der Waals surface area contributed by atoms with Crippen molar-refractivity contribution in [2.45, 2.75) is 20.4 Å². The smallest absolute Gasteiger partial charge is 0.183 e. The number of aromatic nitrogens is 6. The molecule has 0 aromatic carbocycles. The highest BCUT2D eigenvalue weighted by Gasteiger charge is 2.19. The molecule has 0 aliphatic carbocycles. The zero-order valence-corrected chi connectivity index (χ0v) is 14.4. The van der Waals surface area contributed by atoms with Crippen LogP contribution in [-0.2, 0) is 6.54 Å². The van der Waals surface area contributed by atoms with E-state index < -0.39 is 0 Å². The average molecular weight is 344 g/mol. The minimum atomic E-state index is 0.635. The first kappa shape index (κ1) is 14.8. The fourth-order valence-electron chi connectivity index (χ4n) is 3.30. The molecule has 0 saturated carbocycles. The third-order valence-corrected chi connectivity index (χ3v) is 4.76. The Bertz CT molecular complexity index is 1220. The van der Waals surface area contributed by atoms with Gasteiger partial charge in [0.2, 0.25) is 0 Å². The monoisotopic (exact) mass is 344 g/mol. The summed E-state index contributed by atoms with van der Waals surface area (Å²) >= 11 is 0. The van der Waals surface area contributed by atoms with E-state index in [-0.39, 0.29) is 0 Å². The Balaban J connectivity index is 1.74. The van der Waals surface area contributed by atoms with Gasteiger partial charge in [0, 0.05) is 23.7 Å². The SMILES string of the molecule is Cc1c(C)n(Cc2ccco2)c2ncn3nc(-c4cccnc4)nc3c12. The van der Waals surface area contributed by atoms with E-state index in [9.17, 15) is 0 Å². The molecule has 0 N–H and O–H groups in total. The van der Waals surface area contributed by atoms with E-state index in [0.29, 0.717) is 12.4 Å². The lowest BCUT2D eigenvalue weighted by Gasteiger charge is -2.05. The largest absolute Gasteiger partial charge is 0.467 e. The van der Waals surface area contributed by atoms with Crippen LogP contribution in [0.25, 0.3) is 28.1 Å². The average Bonchev–Trinajstić information content (AvgIpc) is 3.38. The van der Waals surface area contributed by atoms with Crippen molar-refractivity contribution in [2.75, 3.05) is 0 Å². The molecule has 0 radical (unpaired) electrons. The summed E-state index contributed by atoms with van der Waals surface area (Å²) in [5, 5.41) is 5.58. The first-order chi connectivity index (χ1) is 12.7. The lowest BCUT2D eigenvalue weighted by Crippen LogP contribution is -2.02. The normalized spacial score (nSPS) is 11.6. The van der Waals surface area contributed by atoms with Gasteiger partial charge in [-0.25, -0.2) is 14.5 Å². The van der Waals surface area contributed by atoms with Crippen molar-refractivity contribution in [3.8, 4) is 11.4 Å². The van der Waals surface area contributed by atoms with Crippen LogP contribution in [0, 0.1) is 13.8 Å². The maximum Gasteiger partial charge on any atom is 0.183 e. The van der Waals surface area contributed by atoms with Gasteiger partial charge >= 0.3 is 0 Å². The van der Waals surface area contributed by atoms with Crippen LogP contribution >= 0.6 is 0 Å². The third-order valence-electron chi connectivity index (χ3n) is 4.76. The molecule has 0 aliphatic rings. The van der Waals surface area contributed by atoms with Gasteiger partial charge in [0.25, 0.3) is 0 Å². The third kappa shape index (κ3) is 2.13. The number of hydrogen-bond donors (Lipinski definition) is 0. The van der Waals surface area contributed by atoms with E-state index in [2.05, 4.69) is 33.5 Å². The highest BCUT2D eigenvalue weighted by atomic mass is 16.3. The van der Waals surface area contributed by atoms with Crippen LogP contribution in [0.4, 0.5) is 0 Å². The second kappa shape index (κ2) is 5.52. The molecule has 0 amide bonds. The predicted molar refractivity (Wildman–Crippen MR) is 96.8 cm³/mol. The Labute approximate surface area is 149 Å². The molecule has 0 atom stereocenters. The van der Waals surface area contributed by atoms with Gasteiger partial charge in [0.1, 0.15) is 17.7 Å². The molecule has 5 aromatic heterocycles. The number of nitrogens with zero attached hydrogens (tertiary/aromatic N) is 6. The fourth-order valence-corrected chi connectivity index (χ4v) is 3.30. The first-order valence-corrected chi connectivity index (χ1v) is 8.36. The lowest BCUT2D eigenvalue weighted by molar-refractivity contribution is 0.494. The Morgan fingerprint density at radius 3 is 2.81 bits per heavy atom. The van der Waals surface area contributed by atoms with E-state index >= 15 is 0 Å². The minimum Gasteiger partial charge on any atom is -0.467 e. The molecule has 0 saturated heterocycles. The molecule has 0 aliphatic heterocycles. The van der Waals surface area contributed by atoms with Crippen molar-refractivity contribution >= 4 is 16.7 Å². The number of pyridine rings is 1. The molecule has 5 rings (SSSR count). The summed E-state index contributed by atoms with van der Waals surface area (Å²) in [4.78, 5) is 13.6. The predicted octanol–water partition coefficient (Wildman–Crippen LogP) is 3.40. The Morgan fingerprint density at radius 1 is 1.12 bits per heavy atom. The summed E-state index contributed by atoms with van der Waals surface area (Å²) in [5.74, 6) is 1.53. The van der Waals surface area contributed by atoms with Gasteiger partial charge < -0.3 is 8.98 Å². The van der Waals surface area contributed by atoms with Gasteiger partial charge in [-0.15, -0.1) is 5.10 Å². The van der Waals surface area contributed by atoms with Gasteiger partial charge in [-0.1, -0.05) is 0 Å². The summed E-state index contributed by atoms with van der Waals surface area (Å²) in [6, 6.07) is 7.70. The maximum atomic E-state index is 5.51. The topological polar surface area (TPSA) is 74.0 Å². The van der Waals surface area contributed by atoms with Gasteiger partial charge in [-0.2, -0.15) is 0 Å². The molecule has 0 unspecified atom stereocenters. The standard InChI is InChI=1S/C19H16N6O/c1-12-13(2)24(10-15-6-4-8-26-15)18-16(12)19-22-17(23-25(19)11-21-18)14-5-3-7-20-9-14/h3-9,11H,10H2,1-2H3. The second-order valence-electron chi connectivity index (χ2n) is 6.26. The molecule has 0 fully saturated rings. The van der Waals surface area contributed by atoms with E-state index in [4.69, 9.17) is 9.40 Å². The summed E-state index contributed by atoms with van der Waals surface area (Å²) in [6.07, 6.45) is 6.90. The highest BCUT2D eigenvalue weighted by Crippen LogP contribution is 2.28. The van der Waals surface area contributed by atoms with Crippen LogP contribution in [0.5, 0.6) is 0 Å². The van der Waals surface area contributed by atoms with E-state index in [0.717, 1.165) is 39.3 Å². The van der Waals surface area contributed by atoms with Gasteiger partial charge in [0.15, 0.2) is 11.5 Å². The van der Waals surface area contributed by atoms with Gasteiger partial charge in [0.05, 0.1) is 18.2 Å². The number of fused-ring (bicyclic) bond motifs is 3. The maximum absolute atomic E-state index is 5.51. The second-order valence-corrected chi connectivity index (χ2v) is 6.26. The fraction of sp³-hybridized carbons (Fsp3) is 0.158. The van der Waals surface area contributed by atoms with Crippen LogP contribution in [-0.4, -0.2) is 29.1 Å². The van der Waals surface area contributed by atoms with Gasteiger partial charge in [-0.3, -0.25) is 4.98 Å². The van der Waals surface area contributed by atoms with Crippen molar-refractivity contribution in [1.82, 2.24) is 29.1 Å². The molecular weight excluding hydrogens is 328 g/mol. The van der Waals surface area contributed by atoms with Crippen molar-refractivity contribution in [3.63, 3.8) is 0 Å². The summed E-state index contributed by atoms with van der Waals surface area (Å²) in [5.41, 5.74) is 4.85. The number of rotatable bonds is 3. The van der Waals surface area contributed by atoms with Crippen LogP contribution in [0.3, 0.4) is 0 Å². The van der Waals surface area contributed by atoms with Crippen LogP contribution in [0.2, 0.25) is 0 Å². The molecule has 5 aromatic rings. The summed E-state index contributed by atoms with van der Waals surface area (Å²) in [6.45, 7) is 4.82. The van der Waals surface area contributed by atoms with Crippen LogP contribution in [0.15, 0.2) is 53.7 Å². The quantitative estimate of drug-likeness (QED) is 0.501. The molecular formula is C19H16N6O. The molecule has 7 heteroatoms. The zero-order valence-electron chi connectivity index (χ0n) is 14.4.